The molecule has 0 radical (unpaired) electrons. The summed E-state index contributed by atoms with van der Waals surface area (Å²) in [7, 11) is -4.58. The van der Waals surface area contributed by atoms with Crippen molar-refractivity contribution in [2.24, 2.45) is 5.14 Å². The molecule has 0 aliphatic heterocycles. The van der Waals surface area contributed by atoms with Gasteiger partial charge in [-0.3, -0.25) is 9.36 Å². The molecule has 18 nitrogen and oxygen atoms in total. The Morgan fingerprint density at radius 3 is 1.73 bits per heavy atom. The van der Waals surface area contributed by atoms with Gasteiger partial charge in [0.15, 0.2) is 10.1 Å². The van der Waals surface area contributed by atoms with Gasteiger partial charge < -0.3 is 19.5 Å². The van der Waals surface area contributed by atoms with Gasteiger partial charge in [0.25, 0.3) is 26.3 Å². The van der Waals surface area contributed by atoms with Crippen LogP contribution in [0, 0.1) is 11.5 Å². The minimum absolute atomic E-state index is 0.0469. The van der Waals surface area contributed by atoms with Gasteiger partial charge in [-0.1, -0.05) is 0 Å². The van der Waals surface area contributed by atoms with Crippen molar-refractivity contribution >= 4 is 31.8 Å². The molecular weight excluding hydrogens is 861 g/mol. The van der Waals surface area contributed by atoms with Crippen molar-refractivity contribution in [1.29, 1.82) is 5.26 Å². The molecule has 0 unspecified atom stereocenters. The number of aryl methyl sites for hydroxylation is 4. The SMILES string of the molecule is COc1cc(-c2cc3c(cc2NC(=O)NS(=O)(=O)c2ccn(C4CC4)n2)CCC3)ccn1.COc1cc(-c2cc3c(cc2OC#N)CCC3)ccn1.NS(=O)(=O)c1ccn(C2CC2)n1. The molecule has 6 aromatic rings. The van der Waals surface area contributed by atoms with Gasteiger partial charge >= 0.3 is 6.03 Å². The number of primary sulfonamides is 1. The normalized spacial score (nSPS) is 15.0. The Balaban J connectivity index is 0.000000148. The molecule has 4 aromatic heterocycles. The number of fused-ring (bicyclic) bond motifs is 2. The predicted molar refractivity (Wildman–Crippen MR) is 234 cm³/mol. The van der Waals surface area contributed by atoms with E-state index in [-0.39, 0.29) is 16.1 Å². The Hall–Kier alpha value is -6.82. The van der Waals surface area contributed by atoms with Gasteiger partial charge in [0.1, 0.15) is 5.75 Å². The number of nitrogens with one attached hydrogen (secondary N) is 2. The molecule has 4 aliphatic rings. The van der Waals surface area contributed by atoms with Gasteiger partial charge in [0.2, 0.25) is 11.8 Å². The van der Waals surface area contributed by atoms with E-state index in [2.05, 4.69) is 36.3 Å². The zero-order valence-electron chi connectivity index (χ0n) is 35.1. The fourth-order valence-corrected chi connectivity index (χ4v) is 8.95. The quantitative estimate of drug-likeness (QED) is 0.122. The maximum Gasteiger partial charge on any atom is 0.333 e. The van der Waals surface area contributed by atoms with Crippen molar-refractivity contribution in [2.45, 2.75) is 86.3 Å². The summed E-state index contributed by atoms with van der Waals surface area (Å²) in [5.41, 5.74) is 8.95. The number of carbonyl (C=O) groups excluding carboxylic acids is 1. The van der Waals surface area contributed by atoms with Crippen LogP contribution < -0.4 is 29.4 Å². The van der Waals surface area contributed by atoms with Crippen LogP contribution in [0.1, 0.15) is 72.9 Å². The van der Waals surface area contributed by atoms with E-state index in [1.165, 1.54) is 35.9 Å². The Bertz CT molecular complexity index is 2970. The van der Waals surface area contributed by atoms with Crippen LogP contribution in [0.5, 0.6) is 17.5 Å². The third kappa shape index (κ3) is 10.3. The molecule has 10 rings (SSSR count). The van der Waals surface area contributed by atoms with Gasteiger partial charge in [0.05, 0.1) is 32.0 Å². The van der Waals surface area contributed by atoms with E-state index in [1.807, 2.05) is 36.4 Å². The van der Waals surface area contributed by atoms with Crippen LogP contribution in [0.15, 0.2) is 95.5 Å². The highest BCUT2D eigenvalue weighted by Gasteiger charge is 2.28. The number of amides is 2. The molecular formula is C44H46N10O8S2. The van der Waals surface area contributed by atoms with Gasteiger partial charge in [-0.05, 0) is 146 Å². The first-order chi connectivity index (χ1) is 30.8. The zero-order chi connectivity index (χ0) is 45.0. The minimum atomic E-state index is -4.09. The number of hydrogen-bond donors (Lipinski definition) is 3. The van der Waals surface area contributed by atoms with Crippen LogP contribution in [-0.2, 0) is 45.7 Å². The molecule has 64 heavy (non-hydrogen) atoms. The number of sulfonamides is 2. The first-order valence-corrected chi connectivity index (χ1v) is 23.7. The number of methoxy groups -OCH3 is 2. The number of nitrogens with two attached hydrogens (primary N) is 1. The average Bonchev–Trinajstić information content (AvgIpc) is 4.03. The number of hydrogen-bond acceptors (Lipinski definition) is 13. The van der Waals surface area contributed by atoms with Gasteiger partial charge in [-0.15, -0.1) is 5.26 Å². The number of nitriles is 1. The monoisotopic (exact) mass is 906 g/mol. The molecule has 4 heterocycles. The van der Waals surface area contributed by atoms with Crippen LogP contribution in [0.3, 0.4) is 0 Å². The molecule has 2 fully saturated rings. The van der Waals surface area contributed by atoms with E-state index in [9.17, 15) is 21.6 Å². The second-order valence-electron chi connectivity index (χ2n) is 15.7. The topological polar surface area (TPSA) is 248 Å². The standard InChI is InChI=1S/C22H23N5O4S.C16H14N2O2.C6H9N3O2S/c1-31-20-13-16(7-9-23-20)18-11-14-3-2-4-15(14)12-19(18)24-22(28)26-32(29,30)21-8-10-27(25-21)17-5-6-17;1-19-16-9-13(5-6-18-16)14-7-11-3-2-4-12(11)8-15(14)20-10-17;7-12(10,11)6-3-4-9(8-6)5-1-2-5/h7-13,17H,2-6H2,1H3,(H2,24,26,28);5-9H,2-4H2,1H3;3-5H,1-2H2,(H2,7,10,11). The molecule has 0 atom stereocenters. The molecule has 4 aliphatic carbocycles. The Morgan fingerprint density at radius 2 is 1.22 bits per heavy atom. The lowest BCUT2D eigenvalue weighted by atomic mass is 9.99. The van der Waals surface area contributed by atoms with Crippen molar-refractivity contribution in [1.82, 2.24) is 34.3 Å². The lowest BCUT2D eigenvalue weighted by Crippen LogP contribution is -2.34. The summed E-state index contributed by atoms with van der Waals surface area (Å²) in [6.45, 7) is 0. The van der Waals surface area contributed by atoms with Gasteiger partial charge in [-0.25, -0.2) is 33.0 Å². The van der Waals surface area contributed by atoms with Crippen molar-refractivity contribution in [2.75, 3.05) is 19.5 Å². The second kappa shape index (κ2) is 18.5. The fraction of sp³-hybridized carbons (Fsp3) is 0.318. The number of anilines is 1. The molecule has 332 valence electrons. The van der Waals surface area contributed by atoms with Crippen LogP contribution in [0.2, 0.25) is 0 Å². The number of urea groups is 1. The summed E-state index contributed by atoms with van der Waals surface area (Å²) in [4.78, 5) is 20.9. The third-order valence-electron chi connectivity index (χ3n) is 11.1. The summed E-state index contributed by atoms with van der Waals surface area (Å²) in [5.74, 6) is 1.60. The van der Waals surface area contributed by atoms with Crippen molar-refractivity contribution in [3.63, 3.8) is 0 Å². The van der Waals surface area contributed by atoms with E-state index in [1.54, 1.807) is 53.6 Å². The number of pyridine rings is 2. The fourth-order valence-electron chi connectivity index (χ4n) is 7.65. The van der Waals surface area contributed by atoms with Crippen molar-refractivity contribution in [3.8, 4) is 46.0 Å². The van der Waals surface area contributed by atoms with Crippen LogP contribution in [-0.4, -0.2) is 66.6 Å². The lowest BCUT2D eigenvalue weighted by Gasteiger charge is -2.15. The molecule has 4 N–H and O–H groups in total. The second-order valence-corrected chi connectivity index (χ2v) is 18.8. The van der Waals surface area contributed by atoms with E-state index in [4.69, 9.17) is 24.6 Å². The molecule has 0 spiro atoms. The average molecular weight is 907 g/mol. The van der Waals surface area contributed by atoms with Crippen LogP contribution >= 0.6 is 0 Å². The zero-order valence-corrected chi connectivity index (χ0v) is 36.7. The Labute approximate surface area is 370 Å². The molecule has 2 saturated carbocycles. The van der Waals surface area contributed by atoms with Crippen LogP contribution in [0.4, 0.5) is 10.5 Å². The van der Waals surface area contributed by atoms with E-state index in [0.717, 1.165) is 92.0 Å². The lowest BCUT2D eigenvalue weighted by molar-refractivity contribution is 0.256. The highest BCUT2D eigenvalue weighted by Crippen LogP contribution is 2.39. The molecule has 0 bridgehead atoms. The number of nitrogens with zero attached hydrogens (tertiary/aromatic N) is 7. The summed E-state index contributed by atoms with van der Waals surface area (Å²) in [5, 5.41) is 24.2. The smallest absolute Gasteiger partial charge is 0.333 e. The van der Waals surface area contributed by atoms with E-state index in [0.29, 0.717) is 29.2 Å². The number of benzene rings is 2. The number of carbonyl (C=O) groups is 1. The molecule has 0 saturated heterocycles. The van der Waals surface area contributed by atoms with E-state index < -0.39 is 26.1 Å². The Kier molecular flexibility index (Phi) is 12.7. The largest absolute Gasteiger partial charge is 0.481 e. The summed E-state index contributed by atoms with van der Waals surface area (Å²) in [6, 6.07) is 18.0. The van der Waals surface area contributed by atoms with Crippen molar-refractivity contribution in [3.05, 3.63) is 108 Å². The van der Waals surface area contributed by atoms with Crippen molar-refractivity contribution < 1.29 is 35.8 Å². The highest BCUT2D eigenvalue weighted by molar-refractivity contribution is 7.90. The predicted octanol–water partition coefficient (Wildman–Crippen LogP) is 6.26. The van der Waals surface area contributed by atoms with E-state index >= 15 is 0 Å². The maximum absolute atomic E-state index is 12.7. The van der Waals surface area contributed by atoms with Crippen LogP contribution in [0.25, 0.3) is 22.3 Å². The Morgan fingerprint density at radius 1 is 0.719 bits per heavy atom. The van der Waals surface area contributed by atoms with Gasteiger partial charge in [-0.2, -0.15) is 18.6 Å². The first kappa shape index (κ1) is 43.8. The maximum atomic E-state index is 12.7. The number of ether oxygens (including phenoxy) is 3. The minimum Gasteiger partial charge on any atom is -0.481 e. The van der Waals surface area contributed by atoms with Gasteiger partial charge in [0, 0.05) is 48.0 Å². The third-order valence-corrected chi connectivity index (χ3v) is 13.2. The molecule has 2 aromatic carbocycles. The molecule has 2 amide bonds. The summed E-state index contributed by atoms with van der Waals surface area (Å²) >= 11 is 0. The summed E-state index contributed by atoms with van der Waals surface area (Å²) in [6.07, 6.45) is 18.7. The first-order valence-electron chi connectivity index (χ1n) is 20.7. The molecule has 20 heteroatoms. The number of rotatable bonds is 11. The highest BCUT2D eigenvalue weighted by atomic mass is 32.2. The number of aromatic nitrogens is 6. The summed E-state index contributed by atoms with van der Waals surface area (Å²) < 4.78 is 67.7.